The Morgan fingerprint density at radius 2 is 1.96 bits per heavy atom. The van der Waals surface area contributed by atoms with E-state index in [9.17, 15) is 4.39 Å². The lowest BCUT2D eigenvalue weighted by molar-refractivity contribution is 0.277. The van der Waals surface area contributed by atoms with Gasteiger partial charge in [0.05, 0.1) is 7.11 Å². The highest BCUT2D eigenvalue weighted by molar-refractivity contribution is 5.48. The van der Waals surface area contributed by atoms with Crippen molar-refractivity contribution in [1.29, 1.82) is 0 Å². The van der Waals surface area contributed by atoms with Crippen molar-refractivity contribution < 1.29 is 13.9 Å². The summed E-state index contributed by atoms with van der Waals surface area (Å²) in [6.45, 7) is 0.506. The van der Waals surface area contributed by atoms with Gasteiger partial charge in [0.2, 0.25) is 0 Å². The molecule has 0 fully saturated rings. The zero-order valence-electron chi connectivity index (χ0n) is 13.0. The van der Waals surface area contributed by atoms with E-state index in [-0.39, 0.29) is 12.4 Å². The zero-order chi connectivity index (χ0) is 16.8. The predicted octanol–water partition coefficient (Wildman–Crippen LogP) is 2.54. The summed E-state index contributed by atoms with van der Waals surface area (Å²) in [6.07, 6.45) is 0. The molecule has 0 atom stereocenters. The Balaban J connectivity index is 1.78. The highest BCUT2D eigenvalue weighted by Gasteiger charge is 2.12. The number of hydrogen-bond acceptors (Lipinski definition) is 6. The van der Waals surface area contributed by atoms with Gasteiger partial charge in [0.25, 0.3) is 5.95 Å². The molecule has 2 N–H and O–H groups in total. The molecule has 124 valence electrons. The molecule has 24 heavy (non-hydrogen) atoms. The summed E-state index contributed by atoms with van der Waals surface area (Å²) in [4.78, 5) is 0. The Labute approximate surface area is 137 Å². The van der Waals surface area contributed by atoms with Crippen LogP contribution in [0.15, 0.2) is 42.5 Å². The number of nitrogens with zero attached hydrogens (tertiary/aromatic N) is 3. The Morgan fingerprint density at radius 3 is 2.71 bits per heavy atom. The second kappa shape index (κ2) is 7.40. The second-order valence-electron chi connectivity index (χ2n) is 4.92. The van der Waals surface area contributed by atoms with Gasteiger partial charge in [0.1, 0.15) is 12.4 Å². The van der Waals surface area contributed by atoms with E-state index in [1.165, 1.54) is 6.07 Å². The fraction of sp³-hybridized carbons (Fsp3) is 0.188. The second-order valence-corrected chi connectivity index (χ2v) is 4.92. The number of ether oxygens (including phenoxy) is 2. The molecule has 3 aromatic rings. The van der Waals surface area contributed by atoms with Gasteiger partial charge in [-0.15, -0.1) is 5.10 Å². The van der Waals surface area contributed by atoms with Crippen molar-refractivity contribution in [3.05, 3.63) is 59.4 Å². The Hall–Kier alpha value is -3.16. The lowest BCUT2D eigenvalue weighted by Gasteiger charge is -2.15. The standard InChI is InChI=1S/C16H16FN5O2/c1-23-14-8-4-6-11(9-18-16-19-21-22-20-16)15(14)24-10-12-5-2-3-7-13(12)17/h2-8H,9-10H2,1H3,(H2,18,19,20,21,22). The number of methoxy groups -OCH3 is 1. The molecular formula is C16H16FN5O2. The topological polar surface area (TPSA) is 85.0 Å². The fourth-order valence-electron chi connectivity index (χ4n) is 2.20. The number of aromatic amines is 1. The summed E-state index contributed by atoms with van der Waals surface area (Å²) >= 11 is 0. The molecule has 0 amide bonds. The third-order valence-corrected chi connectivity index (χ3v) is 3.39. The van der Waals surface area contributed by atoms with Gasteiger partial charge < -0.3 is 14.8 Å². The van der Waals surface area contributed by atoms with Gasteiger partial charge >= 0.3 is 0 Å². The number of anilines is 1. The van der Waals surface area contributed by atoms with E-state index in [1.807, 2.05) is 12.1 Å². The fourth-order valence-corrected chi connectivity index (χ4v) is 2.20. The molecule has 0 radical (unpaired) electrons. The van der Waals surface area contributed by atoms with E-state index < -0.39 is 0 Å². The van der Waals surface area contributed by atoms with E-state index in [2.05, 4.69) is 25.9 Å². The summed E-state index contributed by atoms with van der Waals surface area (Å²) < 4.78 is 24.9. The molecule has 0 aliphatic carbocycles. The molecule has 3 rings (SSSR count). The molecule has 0 spiro atoms. The summed E-state index contributed by atoms with van der Waals surface area (Å²) in [6, 6.07) is 12.0. The smallest absolute Gasteiger partial charge is 0.263 e. The number of para-hydroxylation sites is 1. The third kappa shape index (κ3) is 3.60. The van der Waals surface area contributed by atoms with Crippen LogP contribution < -0.4 is 14.8 Å². The molecule has 1 heterocycles. The number of halogens is 1. The molecule has 8 heteroatoms. The first-order chi connectivity index (χ1) is 11.8. The molecular weight excluding hydrogens is 313 g/mol. The normalized spacial score (nSPS) is 10.4. The van der Waals surface area contributed by atoms with Crippen molar-refractivity contribution in [2.45, 2.75) is 13.2 Å². The van der Waals surface area contributed by atoms with Crippen molar-refractivity contribution in [1.82, 2.24) is 20.6 Å². The van der Waals surface area contributed by atoms with Crippen molar-refractivity contribution in [2.75, 3.05) is 12.4 Å². The quantitative estimate of drug-likeness (QED) is 0.693. The number of rotatable bonds is 7. The average Bonchev–Trinajstić information content (AvgIpc) is 3.13. The van der Waals surface area contributed by atoms with E-state index in [0.29, 0.717) is 29.6 Å². The highest BCUT2D eigenvalue weighted by Crippen LogP contribution is 2.32. The maximum absolute atomic E-state index is 13.8. The Bertz CT molecular complexity index is 795. The molecule has 0 bridgehead atoms. The van der Waals surface area contributed by atoms with Crippen LogP contribution in [0.2, 0.25) is 0 Å². The summed E-state index contributed by atoms with van der Waals surface area (Å²) in [5, 5.41) is 16.5. The average molecular weight is 329 g/mol. The van der Waals surface area contributed by atoms with Gasteiger partial charge in [-0.3, -0.25) is 0 Å². The van der Waals surface area contributed by atoms with Crippen LogP contribution in [0.1, 0.15) is 11.1 Å². The maximum Gasteiger partial charge on any atom is 0.263 e. The molecule has 0 saturated carbocycles. The number of tetrazole rings is 1. The lowest BCUT2D eigenvalue weighted by Crippen LogP contribution is -2.06. The minimum absolute atomic E-state index is 0.0995. The van der Waals surface area contributed by atoms with E-state index in [4.69, 9.17) is 9.47 Å². The number of benzene rings is 2. The van der Waals surface area contributed by atoms with E-state index in [1.54, 1.807) is 31.4 Å². The summed E-state index contributed by atoms with van der Waals surface area (Å²) in [5.41, 5.74) is 1.30. The zero-order valence-corrected chi connectivity index (χ0v) is 13.0. The van der Waals surface area contributed by atoms with Crippen molar-refractivity contribution in [3.63, 3.8) is 0 Å². The number of H-pyrrole nitrogens is 1. The minimum atomic E-state index is -0.307. The molecule has 1 aromatic heterocycles. The van der Waals surface area contributed by atoms with Crippen LogP contribution in [-0.4, -0.2) is 27.7 Å². The summed E-state index contributed by atoms with van der Waals surface area (Å²) in [7, 11) is 1.56. The molecule has 7 nitrogen and oxygen atoms in total. The SMILES string of the molecule is COc1cccc(CNc2nn[nH]n2)c1OCc1ccccc1F. The van der Waals surface area contributed by atoms with Crippen molar-refractivity contribution >= 4 is 5.95 Å². The van der Waals surface area contributed by atoms with Crippen LogP contribution in [0, 0.1) is 5.82 Å². The van der Waals surface area contributed by atoms with Gasteiger partial charge in [0.15, 0.2) is 11.5 Å². The lowest BCUT2D eigenvalue weighted by atomic mass is 10.1. The molecule has 0 unspecified atom stereocenters. The highest BCUT2D eigenvalue weighted by atomic mass is 19.1. The van der Waals surface area contributed by atoms with E-state index in [0.717, 1.165) is 5.56 Å². The molecule has 0 aliphatic rings. The largest absolute Gasteiger partial charge is 0.493 e. The van der Waals surface area contributed by atoms with Gasteiger partial charge in [-0.1, -0.05) is 35.4 Å². The van der Waals surface area contributed by atoms with Gasteiger partial charge in [0, 0.05) is 17.7 Å². The molecule has 0 aliphatic heterocycles. The summed E-state index contributed by atoms with van der Waals surface area (Å²) in [5.74, 6) is 1.18. The van der Waals surface area contributed by atoms with Crippen LogP contribution in [0.25, 0.3) is 0 Å². The van der Waals surface area contributed by atoms with Crippen LogP contribution in [0.5, 0.6) is 11.5 Å². The first-order valence-corrected chi connectivity index (χ1v) is 7.27. The molecule has 0 saturated heterocycles. The van der Waals surface area contributed by atoms with Crippen LogP contribution >= 0.6 is 0 Å². The van der Waals surface area contributed by atoms with E-state index >= 15 is 0 Å². The predicted molar refractivity (Wildman–Crippen MR) is 85.2 cm³/mol. The minimum Gasteiger partial charge on any atom is -0.493 e. The van der Waals surface area contributed by atoms with Crippen LogP contribution in [-0.2, 0) is 13.2 Å². The van der Waals surface area contributed by atoms with Gasteiger partial charge in [-0.25, -0.2) is 4.39 Å². The van der Waals surface area contributed by atoms with Gasteiger partial charge in [-0.2, -0.15) is 5.21 Å². The monoisotopic (exact) mass is 329 g/mol. The first-order valence-electron chi connectivity index (χ1n) is 7.27. The van der Waals surface area contributed by atoms with Crippen molar-refractivity contribution in [2.24, 2.45) is 0 Å². The Kier molecular flexibility index (Phi) is 4.85. The van der Waals surface area contributed by atoms with Crippen molar-refractivity contribution in [3.8, 4) is 11.5 Å². The first kappa shape index (κ1) is 15.7. The van der Waals surface area contributed by atoms with Gasteiger partial charge in [-0.05, 0) is 17.3 Å². The van der Waals surface area contributed by atoms with Crippen LogP contribution in [0.4, 0.5) is 10.3 Å². The number of hydrogen-bond donors (Lipinski definition) is 2. The third-order valence-electron chi connectivity index (χ3n) is 3.39. The number of aromatic nitrogens is 4. The van der Waals surface area contributed by atoms with Crippen LogP contribution in [0.3, 0.4) is 0 Å². The maximum atomic E-state index is 13.8. The number of nitrogens with one attached hydrogen (secondary N) is 2. The molecule has 2 aromatic carbocycles. The Morgan fingerprint density at radius 1 is 1.12 bits per heavy atom.